The molecule has 0 saturated heterocycles. The average molecular weight is 526 g/mol. The van der Waals surface area contributed by atoms with Gasteiger partial charge in [0.05, 0.1) is 5.75 Å². The monoisotopic (exact) mass is 526 g/mol. The van der Waals surface area contributed by atoms with Crippen LogP contribution in [0.25, 0.3) is 0 Å². The summed E-state index contributed by atoms with van der Waals surface area (Å²) >= 11 is 0. The molecule has 0 saturated carbocycles. The molecule has 0 atom stereocenters. The van der Waals surface area contributed by atoms with Gasteiger partial charge in [0.1, 0.15) is 0 Å². The van der Waals surface area contributed by atoms with Crippen LogP contribution in [-0.4, -0.2) is 61.9 Å². The lowest BCUT2D eigenvalue weighted by Crippen LogP contribution is -2.75. The van der Waals surface area contributed by atoms with E-state index in [4.69, 9.17) is 0 Å². The van der Waals surface area contributed by atoms with Crippen molar-refractivity contribution in [2.45, 2.75) is 47.0 Å². The van der Waals surface area contributed by atoms with Gasteiger partial charge in [-0.15, -0.1) is 0 Å². The largest absolute Gasteiger partial charge is 0.460 e. The Morgan fingerprint density at radius 3 is 1.03 bits per heavy atom. The maximum absolute atomic E-state index is 13.3. The van der Waals surface area contributed by atoms with E-state index in [2.05, 4.69) is 5.73 Å². The smallest absolute Gasteiger partial charge is 0.329 e. The summed E-state index contributed by atoms with van der Waals surface area (Å²) in [6.45, 7) is -1.71. The molecule has 1 radical (unpaired) electrons. The molecule has 0 bridgehead atoms. The lowest BCUT2D eigenvalue weighted by atomic mass is 9.91. The molecule has 0 aromatic rings. The summed E-state index contributed by atoms with van der Waals surface area (Å²) in [5.41, 5.74) is 4.31. The number of alkyl halides is 17. The van der Waals surface area contributed by atoms with Crippen molar-refractivity contribution in [2.24, 2.45) is 5.73 Å². The molecule has 0 unspecified atom stereocenters. The van der Waals surface area contributed by atoms with Crippen molar-refractivity contribution in [1.29, 1.82) is 0 Å². The van der Waals surface area contributed by atoms with E-state index in [9.17, 15) is 83.1 Å². The molecular weight excluding hydrogens is 521 g/mol. The van der Waals surface area contributed by atoms with Crippen LogP contribution in [-0.2, 0) is 9.84 Å². The standard InChI is InChI=1S/C10H5F17NO2S/c11-3(12,5(15,16)7(19,20)9(23,24)25)4(13,14)6(17,18)8(21,22)10(26,27)31(29,30)2-1-28/h2H,1,28H2. The Balaban J connectivity index is 6.91. The fourth-order valence-electron chi connectivity index (χ4n) is 1.56. The molecule has 31 heavy (non-hydrogen) atoms. The Labute approximate surface area is 159 Å². The summed E-state index contributed by atoms with van der Waals surface area (Å²) in [5, 5.41) is -7.52. The minimum absolute atomic E-state index is 1.13. The third-order valence-corrected chi connectivity index (χ3v) is 4.97. The third kappa shape index (κ3) is 3.67. The van der Waals surface area contributed by atoms with E-state index >= 15 is 0 Å². The molecule has 0 aromatic carbocycles. The highest BCUT2D eigenvalue weighted by Crippen LogP contribution is 2.64. The SMILES string of the molecule is NC[CH]S(=O)(=O)C(F)(F)C(F)(F)C(F)(F)C(F)(F)C(F)(F)C(F)(F)C(F)(F)C(F)(F)F. The van der Waals surface area contributed by atoms with Crippen LogP contribution in [0.1, 0.15) is 0 Å². The topological polar surface area (TPSA) is 60.2 Å². The molecule has 0 aliphatic heterocycles. The maximum Gasteiger partial charge on any atom is 0.460 e. The average Bonchev–Trinajstić information content (AvgIpc) is 2.52. The zero-order valence-electron chi connectivity index (χ0n) is 13.5. The van der Waals surface area contributed by atoms with Crippen molar-refractivity contribution >= 4 is 9.84 Å². The summed E-state index contributed by atoms with van der Waals surface area (Å²) in [5.74, 6) is -52.7. The highest BCUT2D eigenvalue weighted by atomic mass is 32.2. The van der Waals surface area contributed by atoms with Gasteiger partial charge in [-0.25, -0.2) is 8.42 Å². The molecule has 21 heteroatoms. The summed E-state index contributed by atoms with van der Waals surface area (Å²) in [6, 6.07) is 0. The second-order valence-corrected chi connectivity index (χ2v) is 7.34. The van der Waals surface area contributed by atoms with Gasteiger partial charge >= 0.3 is 47.0 Å². The number of nitrogens with two attached hydrogens (primary N) is 1. The van der Waals surface area contributed by atoms with Crippen LogP contribution in [0.15, 0.2) is 0 Å². The molecule has 0 rings (SSSR count). The Kier molecular flexibility index (Phi) is 7.07. The fourth-order valence-corrected chi connectivity index (χ4v) is 2.51. The molecule has 2 N–H and O–H groups in total. The highest BCUT2D eigenvalue weighted by molar-refractivity contribution is 7.94. The summed E-state index contributed by atoms with van der Waals surface area (Å²) < 4.78 is 241. The van der Waals surface area contributed by atoms with Crippen LogP contribution >= 0.6 is 0 Å². The lowest BCUT2D eigenvalue weighted by molar-refractivity contribution is -0.458. The zero-order chi connectivity index (χ0) is 25.9. The first-order valence-corrected chi connectivity index (χ1v) is 8.10. The van der Waals surface area contributed by atoms with E-state index in [1.165, 1.54) is 0 Å². The van der Waals surface area contributed by atoms with E-state index in [1.54, 1.807) is 0 Å². The number of rotatable bonds is 9. The Morgan fingerprint density at radius 1 is 0.516 bits per heavy atom. The Bertz CT molecular complexity index is 768. The van der Waals surface area contributed by atoms with Gasteiger partial charge in [-0.05, 0) is 0 Å². The van der Waals surface area contributed by atoms with Crippen LogP contribution in [0, 0.1) is 5.75 Å². The summed E-state index contributed by atoms with van der Waals surface area (Å²) in [6.07, 6.45) is -7.86. The quantitative estimate of drug-likeness (QED) is 0.451. The molecule has 0 amide bonds. The predicted molar refractivity (Wildman–Crippen MR) is 63.0 cm³/mol. The maximum atomic E-state index is 13.3. The van der Waals surface area contributed by atoms with Gasteiger partial charge in [0, 0.05) is 6.54 Å². The highest BCUT2D eigenvalue weighted by Gasteiger charge is 2.96. The van der Waals surface area contributed by atoms with Crippen LogP contribution in [0.3, 0.4) is 0 Å². The van der Waals surface area contributed by atoms with E-state index < -0.39 is 69.1 Å². The Hall–Kier alpha value is -1.28. The van der Waals surface area contributed by atoms with Gasteiger partial charge in [0.2, 0.25) is 9.84 Å². The van der Waals surface area contributed by atoms with Gasteiger partial charge in [0.15, 0.2) is 0 Å². The van der Waals surface area contributed by atoms with Crippen molar-refractivity contribution in [2.75, 3.05) is 6.54 Å². The second-order valence-electron chi connectivity index (χ2n) is 5.41. The minimum Gasteiger partial charge on any atom is -0.329 e. The van der Waals surface area contributed by atoms with E-state index in [1.807, 2.05) is 0 Å². The molecule has 0 fully saturated rings. The van der Waals surface area contributed by atoms with Crippen molar-refractivity contribution in [3.8, 4) is 0 Å². The second kappa shape index (κ2) is 7.37. The van der Waals surface area contributed by atoms with E-state index in [0.29, 0.717) is 0 Å². The van der Waals surface area contributed by atoms with E-state index in [-0.39, 0.29) is 0 Å². The number of halogens is 17. The molecular formula is C10H5F17NO2S. The van der Waals surface area contributed by atoms with Gasteiger partial charge < -0.3 is 5.73 Å². The first-order valence-electron chi connectivity index (χ1n) is 6.55. The molecule has 0 aliphatic carbocycles. The first kappa shape index (κ1) is 29.7. The zero-order valence-corrected chi connectivity index (χ0v) is 14.3. The van der Waals surface area contributed by atoms with Crippen molar-refractivity contribution in [3.05, 3.63) is 5.75 Å². The number of hydrogen-bond acceptors (Lipinski definition) is 3. The van der Waals surface area contributed by atoms with Crippen molar-refractivity contribution < 1.29 is 83.1 Å². The minimum atomic E-state index is -8.83. The molecule has 187 valence electrons. The van der Waals surface area contributed by atoms with Gasteiger partial charge in [-0.1, -0.05) is 0 Å². The lowest BCUT2D eigenvalue weighted by Gasteiger charge is -2.42. The summed E-state index contributed by atoms with van der Waals surface area (Å²) in [7, 11) is -7.15. The van der Waals surface area contributed by atoms with Gasteiger partial charge in [0.25, 0.3) is 0 Å². The predicted octanol–water partition coefficient (Wildman–Crippen LogP) is 4.49. The first-order chi connectivity index (χ1) is 13.1. The van der Waals surface area contributed by atoms with Crippen LogP contribution in [0.5, 0.6) is 0 Å². The van der Waals surface area contributed by atoms with E-state index in [0.717, 1.165) is 0 Å². The van der Waals surface area contributed by atoms with Crippen molar-refractivity contribution in [1.82, 2.24) is 0 Å². The molecule has 0 heterocycles. The van der Waals surface area contributed by atoms with Crippen LogP contribution in [0.4, 0.5) is 74.6 Å². The van der Waals surface area contributed by atoms with Gasteiger partial charge in [-0.2, -0.15) is 74.6 Å². The third-order valence-electron chi connectivity index (χ3n) is 3.37. The van der Waals surface area contributed by atoms with Crippen LogP contribution in [0.2, 0.25) is 0 Å². The van der Waals surface area contributed by atoms with Gasteiger partial charge in [-0.3, -0.25) is 0 Å². The molecule has 0 aliphatic rings. The Morgan fingerprint density at radius 2 is 0.774 bits per heavy atom. The number of sulfone groups is 1. The van der Waals surface area contributed by atoms with Crippen LogP contribution < -0.4 is 5.73 Å². The molecule has 3 nitrogen and oxygen atoms in total. The fraction of sp³-hybridized carbons (Fsp3) is 0.900. The van der Waals surface area contributed by atoms with Crippen molar-refractivity contribution in [3.63, 3.8) is 0 Å². The number of hydrogen-bond donors (Lipinski definition) is 1. The molecule has 0 spiro atoms. The summed E-state index contributed by atoms with van der Waals surface area (Å²) in [4.78, 5) is 0. The molecule has 0 aromatic heterocycles. The normalized spacial score (nSPS) is 16.6.